The molecule has 192 valence electrons. The maximum atomic E-state index is 13.8. The molecule has 1 N–H and O–H groups in total. The molecule has 3 amide bonds. The molecule has 1 aromatic carbocycles. The van der Waals surface area contributed by atoms with Gasteiger partial charge in [0.1, 0.15) is 5.54 Å². The van der Waals surface area contributed by atoms with Crippen molar-refractivity contribution in [1.82, 2.24) is 15.1 Å². The van der Waals surface area contributed by atoms with Gasteiger partial charge in [-0.2, -0.15) is 0 Å². The molecule has 2 aliphatic rings. The third-order valence-electron chi connectivity index (χ3n) is 7.14. The molecular formula is C26H33N5O4S. The van der Waals surface area contributed by atoms with Gasteiger partial charge in [-0.3, -0.25) is 5.32 Å². The maximum Gasteiger partial charge on any atom is 0.413 e. The average molecular weight is 512 g/mol. The highest BCUT2D eigenvalue weighted by molar-refractivity contribution is 7.17. The summed E-state index contributed by atoms with van der Waals surface area (Å²) in [5.74, 6) is 3.28. The van der Waals surface area contributed by atoms with Gasteiger partial charge in [0, 0.05) is 18.7 Å². The number of nitrogens with one attached hydrogen (secondary N) is 1. The lowest BCUT2D eigenvalue weighted by Gasteiger charge is -2.46. The Hall–Kier alpha value is -3.32. The van der Waals surface area contributed by atoms with Crippen molar-refractivity contribution in [2.24, 2.45) is 0 Å². The summed E-state index contributed by atoms with van der Waals surface area (Å²) in [5.41, 5.74) is 1.11. The number of rotatable bonds is 9. The van der Waals surface area contributed by atoms with Crippen molar-refractivity contribution in [3.05, 3.63) is 29.8 Å². The fraction of sp³-hybridized carbons (Fsp3) is 0.538. The number of para-hydroxylation sites is 1. The summed E-state index contributed by atoms with van der Waals surface area (Å²) >= 11 is 1.13. The first-order chi connectivity index (χ1) is 17.5. The number of carbonyl (C=O) groups is 2. The van der Waals surface area contributed by atoms with Crippen molar-refractivity contribution in [1.29, 1.82) is 0 Å². The minimum absolute atomic E-state index is 0.291. The van der Waals surface area contributed by atoms with E-state index in [1.165, 1.54) is 11.3 Å². The molecule has 2 fully saturated rings. The van der Waals surface area contributed by atoms with Gasteiger partial charge < -0.3 is 14.4 Å². The van der Waals surface area contributed by atoms with Crippen molar-refractivity contribution in [2.45, 2.75) is 77.0 Å². The van der Waals surface area contributed by atoms with Crippen molar-refractivity contribution in [2.75, 3.05) is 23.4 Å². The van der Waals surface area contributed by atoms with Crippen LogP contribution in [-0.2, 0) is 4.74 Å². The number of anilines is 2. The molecule has 1 atom stereocenters. The second-order valence-electron chi connectivity index (χ2n) is 8.96. The largest absolute Gasteiger partial charge is 0.469 e. The smallest absolute Gasteiger partial charge is 0.413 e. The second-order valence-corrected chi connectivity index (χ2v) is 9.88. The van der Waals surface area contributed by atoms with Gasteiger partial charge in [0.15, 0.2) is 6.23 Å². The number of ether oxygens (including phenoxy) is 2. The average Bonchev–Trinajstić information content (AvgIpc) is 3.30. The Morgan fingerprint density at radius 2 is 1.97 bits per heavy atom. The Balaban J connectivity index is 1.57. The van der Waals surface area contributed by atoms with Crippen molar-refractivity contribution in [3.8, 4) is 17.5 Å². The molecule has 1 unspecified atom stereocenters. The van der Waals surface area contributed by atoms with Crippen LogP contribution in [0.15, 0.2) is 24.3 Å². The van der Waals surface area contributed by atoms with Crippen LogP contribution in [0.4, 0.5) is 20.4 Å². The van der Waals surface area contributed by atoms with Crippen LogP contribution < -0.4 is 15.0 Å². The topological polar surface area (TPSA) is 96.9 Å². The van der Waals surface area contributed by atoms with Gasteiger partial charge >= 0.3 is 12.1 Å². The summed E-state index contributed by atoms with van der Waals surface area (Å²) < 4.78 is 11.3. The molecule has 10 heteroatoms. The SMILES string of the molecule is C#CC(CC)(CC)N1CCC(OC(=O)Nc2ccccc2C2CCC2)N(c2nnc(OCC)s2)C1=O. The predicted octanol–water partition coefficient (Wildman–Crippen LogP) is 5.60. The normalized spacial score (nSPS) is 18.4. The van der Waals surface area contributed by atoms with E-state index in [1.807, 2.05) is 45.0 Å². The Bertz CT molecular complexity index is 1120. The van der Waals surface area contributed by atoms with Crippen molar-refractivity contribution >= 4 is 34.3 Å². The minimum Gasteiger partial charge on any atom is -0.469 e. The van der Waals surface area contributed by atoms with Crippen LogP contribution in [0.25, 0.3) is 0 Å². The molecule has 1 saturated carbocycles. The molecule has 2 heterocycles. The molecule has 2 aromatic rings. The molecule has 1 aliphatic carbocycles. The number of carbonyl (C=O) groups excluding carboxylic acids is 2. The van der Waals surface area contributed by atoms with E-state index < -0.39 is 17.9 Å². The number of terminal acetylenes is 1. The standard InChI is InChI=1S/C26H33N5O4S/c1-5-26(6-2,7-3)30-17-16-21(31(25(30)33)22-28-29-24(36-22)34-8-4)35-23(32)27-20-15-10-9-14-19(20)18-12-11-13-18/h1,9-10,14-15,18,21H,6-8,11-13,16-17H2,2-4H3,(H,27,32). The second kappa shape index (κ2) is 11.2. The summed E-state index contributed by atoms with van der Waals surface area (Å²) in [6, 6.07) is 7.42. The Labute approximate surface area is 216 Å². The molecule has 4 rings (SSSR count). The maximum absolute atomic E-state index is 13.8. The van der Waals surface area contributed by atoms with Crippen LogP contribution in [0.2, 0.25) is 0 Å². The molecule has 0 spiro atoms. The highest BCUT2D eigenvalue weighted by atomic mass is 32.1. The van der Waals surface area contributed by atoms with Gasteiger partial charge in [0.25, 0.3) is 5.19 Å². The van der Waals surface area contributed by atoms with E-state index in [0.29, 0.717) is 48.7 Å². The van der Waals surface area contributed by atoms with E-state index in [0.717, 1.165) is 35.4 Å². The highest BCUT2D eigenvalue weighted by Gasteiger charge is 2.46. The van der Waals surface area contributed by atoms with E-state index in [9.17, 15) is 9.59 Å². The number of amides is 3. The number of urea groups is 1. The van der Waals surface area contributed by atoms with Gasteiger partial charge in [0.05, 0.1) is 6.61 Å². The fourth-order valence-electron chi connectivity index (χ4n) is 4.78. The Morgan fingerprint density at radius 3 is 2.61 bits per heavy atom. The van der Waals surface area contributed by atoms with Gasteiger partial charge in [-0.25, -0.2) is 14.5 Å². The molecule has 1 aliphatic heterocycles. The lowest BCUT2D eigenvalue weighted by molar-refractivity contribution is 0.0592. The van der Waals surface area contributed by atoms with Gasteiger partial charge in [-0.05, 0) is 61.5 Å². The molecule has 1 aromatic heterocycles. The first-order valence-electron chi connectivity index (χ1n) is 12.6. The first-order valence-corrected chi connectivity index (χ1v) is 13.4. The van der Waals surface area contributed by atoms with Gasteiger partial charge in [0.2, 0.25) is 5.13 Å². The zero-order valence-electron chi connectivity index (χ0n) is 21.0. The third kappa shape index (κ3) is 4.98. The van der Waals surface area contributed by atoms with Crippen molar-refractivity contribution < 1.29 is 19.1 Å². The number of hydrogen-bond acceptors (Lipinski definition) is 7. The van der Waals surface area contributed by atoms with Crippen LogP contribution in [0.5, 0.6) is 5.19 Å². The van der Waals surface area contributed by atoms with Crippen LogP contribution in [-0.4, -0.2) is 52.1 Å². The predicted molar refractivity (Wildman–Crippen MR) is 139 cm³/mol. The van der Waals surface area contributed by atoms with Crippen LogP contribution in [0.3, 0.4) is 0 Å². The number of benzene rings is 1. The van der Waals surface area contributed by atoms with E-state index in [4.69, 9.17) is 15.9 Å². The third-order valence-corrected chi connectivity index (χ3v) is 7.97. The highest BCUT2D eigenvalue weighted by Crippen LogP contribution is 2.40. The number of hydrogen-bond donors (Lipinski definition) is 1. The molecule has 0 bridgehead atoms. The zero-order chi connectivity index (χ0) is 25.7. The monoisotopic (exact) mass is 511 g/mol. The van der Waals surface area contributed by atoms with Crippen molar-refractivity contribution in [3.63, 3.8) is 0 Å². The summed E-state index contributed by atoms with van der Waals surface area (Å²) in [7, 11) is 0. The molecule has 0 radical (unpaired) electrons. The molecular weight excluding hydrogens is 478 g/mol. The quantitative estimate of drug-likeness (QED) is 0.440. The van der Waals surface area contributed by atoms with Crippen LogP contribution in [0.1, 0.15) is 70.8 Å². The van der Waals surface area contributed by atoms with E-state index in [2.05, 4.69) is 21.4 Å². The van der Waals surface area contributed by atoms with Crippen LogP contribution >= 0.6 is 11.3 Å². The summed E-state index contributed by atoms with van der Waals surface area (Å²) in [6.45, 7) is 6.55. The van der Waals surface area contributed by atoms with Crippen LogP contribution in [0, 0.1) is 12.3 Å². The first kappa shape index (κ1) is 25.8. The molecule has 36 heavy (non-hydrogen) atoms. The Morgan fingerprint density at radius 1 is 1.22 bits per heavy atom. The van der Waals surface area contributed by atoms with Gasteiger partial charge in [-0.15, -0.1) is 11.5 Å². The summed E-state index contributed by atoms with van der Waals surface area (Å²) in [5, 5.41) is 11.7. The molecule has 1 saturated heterocycles. The molecule has 9 nitrogen and oxygen atoms in total. The fourth-order valence-corrected chi connectivity index (χ4v) is 5.57. The minimum atomic E-state index is -0.865. The number of aromatic nitrogens is 2. The van der Waals surface area contributed by atoms with E-state index in [-0.39, 0.29) is 6.03 Å². The summed E-state index contributed by atoms with van der Waals surface area (Å²) in [6.07, 6.45) is 9.40. The lowest BCUT2D eigenvalue weighted by atomic mass is 9.79. The Kier molecular flexibility index (Phi) is 7.99. The zero-order valence-corrected chi connectivity index (χ0v) is 21.8. The summed E-state index contributed by atoms with van der Waals surface area (Å²) in [4.78, 5) is 29.9. The van der Waals surface area contributed by atoms with E-state index >= 15 is 0 Å². The number of nitrogens with zero attached hydrogens (tertiary/aromatic N) is 4. The lowest BCUT2D eigenvalue weighted by Crippen LogP contribution is -2.62. The van der Waals surface area contributed by atoms with Gasteiger partial charge in [-0.1, -0.05) is 49.5 Å². The van der Waals surface area contributed by atoms with E-state index in [1.54, 1.807) is 4.90 Å².